The Hall–Kier alpha value is -4.86. The highest BCUT2D eigenvalue weighted by molar-refractivity contribution is 6.01. The number of rotatable bonds is 4. The number of nitrogens with zero attached hydrogens (tertiary/aromatic N) is 1. The van der Waals surface area contributed by atoms with E-state index in [0.29, 0.717) is 27.3 Å². The van der Waals surface area contributed by atoms with Crippen LogP contribution in [-0.4, -0.2) is 40.5 Å². The van der Waals surface area contributed by atoms with Crippen molar-refractivity contribution in [2.45, 2.75) is 18.4 Å². The molecule has 1 atom stereocenters. The Kier molecular flexibility index (Phi) is 4.72. The Morgan fingerprint density at radius 2 is 1.61 bits per heavy atom. The summed E-state index contributed by atoms with van der Waals surface area (Å²) in [4.78, 5) is 53.0. The molecule has 3 aliphatic rings. The summed E-state index contributed by atoms with van der Waals surface area (Å²) in [7, 11) is 0. The van der Waals surface area contributed by atoms with E-state index in [0.717, 1.165) is 0 Å². The maximum Gasteiger partial charge on any atom is 0.370 e. The largest absolute Gasteiger partial charge is 0.508 e. The summed E-state index contributed by atoms with van der Waals surface area (Å²) in [5.41, 5.74) is 0.811. The molecular formula is C26H17NO9. The second kappa shape index (κ2) is 7.84. The molecule has 0 aliphatic carbocycles. The van der Waals surface area contributed by atoms with E-state index in [1.807, 2.05) is 0 Å². The van der Waals surface area contributed by atoms with Gasteiger partial charge in [-0.1, -0.05) is 18.2 Å². The monoisotopic (exact) mass is 487 g/mol. The lowest BCUT2D eigenvalue weighted by Gasteiger charge is -2.36. The van der Waals surface area contributed by atoms with Gasteiger partial charge in [0.1, 0.15) is 23.0 Å². The Bertz CT molecular complexity index is 1460. The smallest absolute Gasteiger partial charge is 0.370 e. The Morgan fingerprint density at radius 3 is 2.39 bits per heavy atom. The number of aromatic hydroxyl groups is 1. The molecule has 3 aliphatic heterocycles. The average molecular weight is 487 g/mol. The van der Waals surface area contributed by atoms with Crippen molar-refractivity contribution >= 4 is 23.8 Å². The van der Waals surface area contributed by atoms with Crippen LogP contribution in [0.25, 0.3) is 0 Å². The van der Waals surface area contributed by atoms with E-state index in [1.54, 1.807) is 42.5 Å². The fourth-order valence-electron chi connectivity index (χ4n) is 4.66. The van der Waals surface area contributed by atoms with E-state index >= 15 is 0 Å². The van der Waals surface area contributed by atoms with Crippen LogP contribution in [0.2, 0.25) is 0 Å². The van der Waals surface area contributed by atoms with E-state index in [4.69, 9.17) is 19.0 Å². The molecule has 10 nitrogen and oxygen atoms in total. The van der Waals surface area contributed by atoms with E-state index < -0.39 is 36.0 Å². The number of hydroxylamine groups is 2. The molecule has 0 bridgehead atoms. The number of carbonyl (C=O) groups is 4. The molecule has 3 heterocycles. The molecule has 1 fully saturated rings. The van der Waals surface area contributed by atoms with Gasteiger partial charge < -0.3 is 24.2 Å². The lowest BCUT2D eigenvalue weighted by Crippen LogP contribution is -2.34. The highest BCUT2D eigenvalue weighted by atomic mass is 16.7. The van der Waals surface area contributed by atoms with Crippen molar-refractivity contribution in [1.29, 1.82) is 0 Å². The molecule has 1 unspecified atom stereocenters. The minimum Gasteiger partial charge on any atom is -0.508 e. The summed E-state index contributed by atoms with van der Waals surface area (Å²) >= 11 is 0. The number of imide groups is 1. The zero-order valence-corrected chi connectivity index (χ0v) is 18.6. The van der Waals surface area contributed by atoms with Crippen LogP contribution in [-0.2, 0) is 29.6 Å². The van der Waals surface area contributed by atoms with Crippen LogP contribution < -0.4 is 9.47 Å². The van der Waals surface area contributed by atoms with Crippen LogP contribution in [0.4, 0.5) is 0 Å². The van der Waals surface area contributed by atoms with Crippen LogP contribution >= 0.6 is 0 Å². The average Bonchev–Trinajstić information content (AvgIpc) is 3.34. The number of carbonyl (C=O) groups excluding carboxylic acids is 4. The molecule has 0 radical (unpaired) electrons. The molecule has 10 heteroatoms. The Labute approximate surface area is 203 Å². The predicted octanol–water partition coefficient (Wildman–Crippen LogP) is 2.95. The minimum absolute atomic E-state index is 0.0123. The Morgan fingerprint density at radius 1 is 0.917 bits per heavy atom. The van der Waals surface area contributed by atoms with Gasteiger partial charge in [-0.25, -0.2) is 9.59 Å². The van der Waals surface area contributed by atoms with Gasteiger partial charge in [0, 0.05) is 41.7 Å². The summed E-state index contributed by atoms with van der Waals surface area (Å²) in [6.07, 6.45) is -0.0246. The maximum absolute atomic E-state index is 12.8. The third-order valence-electron chi connectivity index (χ3n) is 6.22. The Balaban J connectivity index is 1.33. The standard InChI is InChI=1S/C26H17NO9/c28-14-5-7-18-20(11-14)34-21-12-15(33-13-24(31)36-27-22(29)9-10-23(27)30)6-8-19(21)26(18)17-4-2-1-3-16(17)25(32)35-26/h1-8,11-12,28H,9-10,13H2. The first-order chi connectivity index (χ1) is 17.4. The van der Waals surface area contributed by atoms with Crippen LogP contribution in [0.5, 0.6) is 23.0 Å². The summed E-state index contributed by atoms with van der Waals surface area (Å²) in [5, 5.41) is 10.5. The quantitative estimate of drug-likeness (QED) is 0.436. The zero-order valence-electron chi connectivity index (χ0n) is 18.6. The van der Waals surface area contributed by atoms with Crippen LogP contribution in [0.3, 0.4) is 0 Å². The summed E-state index contributed by atoms with van der Waals surface area (Å²) < 4.78 is 17.5. The van der Waals surface area contributed by atoms with Crippen molar-refractivity contribution in [1.82, 2.24) is 5.06 Å². The van der Waals surface area contributed by atoms with Gasteiger partial charge in [-0.2, -0.15) is 0 Å². The topological polar surface area (TPSA) is 129 Å². The molecule has 3 aromatic carbocycles. The van der Waals surface area contributed by atoms with E-state index in [1.165, 1.54) is 18.2 Å². The van der Waals surface area contributed by atoms with Gasteiger partial charge in [-0.15, -0.1) is 5.06 Å². The van der Waals surface area contributed by atoms with Crippen molar-refractivity contribution in [3.63, 3.8) is 0 Å². The van der Waals surface area contributed by atoms with Gasteiger partial charge in [0.2, 0.25) is 0 Å². The number of amides is 2. The molecule has 1 N–H and O–H groups in total. The molecule has 0 aromatic heterocycles. The van der Waals surface area contributed by atoms with E-state index in [-0.39, 0.29) is 35.8 Å². The molecule has 2 amide bonds. The molecule has 3 aromatic rings. The van der Waals surface area contributed by atoms with E-state index in [9.17, 15) is 24.3 Å². The van der Waals surface area contributed by atoms with E-state index in [2.05, 4.69) is 0 Å². The molecular weight excluding hydrogens is 470 g/mol. The first-order valence-corrected chi connectivity index (χ1v) is 11.0. The fourth-order valence-corrected chi connectivity index (χ4v) is 4.66. The molecule has 36 heavy (non-hydrogen) atoms. The second-order valence-electron chi connectivity index (χ2n) is 8.39. The van der Waals surface area contributed by atoms with Crippen molar-refractivity contribution in [3.8, 4) is 23.0 Å². The number of phenols is 1. The number of ether oxygens (including phenoxy) is 3. The van der Waals surface area contributed by atoms with Crippen LogP contribution in [0.15, 0.2) is 60.7 Å². The highest BCUT2D eigenvalue weighted by Crippen LogP contribution is 2.56. The van der Waals surface area contributed by atoms with Crippen LogP contribution in [0.1, 0.15) is 39.9 Å². The number of phenolic OH excluding ortho intramolecular Hbond substituents is 1. The second-order valence-corrected chi connectivity index (χ2v) is 8.39. The zero-order chi connectivity index (χ0) is 25.0. The summed E-state index contributed by atoms with van der Waals surface area (Å²) in [6.45, 7) is -0.573. The first-order valence-electron chi connectivity index (χ1n) is 11.0. The number of hydrogen-bond acceptors (Lipinski definition) is 9. The number of benzene rings is 3. The van der Waals surface area contributed by atoms with Gasteiger partial charge in [-0.05, 0) is 30.3 Å². The molecule has 1 saturated heterocycles. The molecule has 6 rings (SSSR count). The summed E-state index contributed by atoms with van der Waals surface area (Å²) in [6, 6.07) is 16.3. The van der Waals surface area contributed by atoms with Crippen molar-refractivity contribution in [3.05, 3.63) is 82.9 Å². The van der Waals surface area contributed by atoms with Crippen molar-refractivity contribution < 1.29 is 43.3 Å². The van der Waals surface area contributed by atoms with Gasteiger partial charge in [0.05, 0.1) is 5.56 Å². The predicted molar refractivity (Wildman–Crippen MR) is 119 cm³/mol. The third kappa shape index (κ3) is 3.18. The molecule has 180 valence electrons. The maximum atomic E-state index is 12.8. The summed E-state index contributed by atoms with van der Waals surface area (Å²) in [5.74, 6) is -1.84. The van der Waals surface area contributed by atoms with Gasteiger partial charge in [-0.3, -0.25) is 9.59 Å². The van der Waals surface area contributed by atoms with Crippen molar-refractivity contribution in [2.75, 3.05) is 6.61 Å². The molecule has 0 saturated carbocycles. The fraction of sp³-hybridized carbons (Fsp3) is 0.154. The van der Waals surface area contributed by atoms with Gasteiger partial charge in [0.25, 0.3) is 11.8 Å². The normalized spacial score (nSPS) is 19.3. The highest BCUT2D eigenvalue weighted by Gasteiger charge is 2.53. The van der Waals surface area contributed by atoms with Crippen LogP contribution in [0, 0.1) is 0 Å². The van der Waals surface area contributed by atoms with Gasteiger partial charge in [0.15, 0.2) is 12.2 Å². The SMILES string of the molecule is O=C(COc1ccc2c(c1)Oc1cc(O)ccc1C21OC(=O)c2ccccc21)ON1C(=O)CCC1=O. The van der Waals surface area contributed by atoms with Gasteiger partial charge >= 0.3 is 11.9 Å². The third-order valence-corrected chi connectivity index (χ3v) is 6.22. The number of esters is 1. The lowest BCUT2D eigenvalue weighted by molar-refractivity contribution is -0.198. The first kappa shape index (κ1) is 21.7. The number of fused-ring (bicyclic) bond motifs is 6. The number of hydrogen-bond donors (Lipinski definition) is 1. The minimum atomic E-state index is -1.31. The molecule has 1 spiro atoms. The van der Waals surface area contributed by atoms with Crippen molar-refractivity contribution in [2.24, 2.45) is 0 Å². The lowest BCUT2D eigenvalue weighted by atomic mass is 9.77.